The van der Waals surface area contributed by atoms with E-state index < -0.39 is 11.5 Å². The average Bonchev–Trinajstić information content (AvgIpc) is 2.38. The molecule has 1 heterocycles. The number of carbonyl (C=O) groups is 2. The monoisotopic (exact) mass is 272 g/mol. The first-order chi connectivity index (χ1) is 8.85. The van der Waals surface area contributed by atoms with Crippen molar-refractivity contribution < 1.29 is 19.4 Å². The number of piperidine rings is 1. The summed E-state index contributed by atoms with van der Waals surface area (Å²) in [6, 6.07) is 0. The number of aliphatic carboxylic acids is 1. The van der Waals surface area contributed by atoms with Crippen LogP contribution < -0.4 is 5.32 Å². The van der Waals surface area contributed by atoms with Crippen molar-refractivity contribution in [3.8, 4) is 0 Å². The van der Waals surface area contributed by atoms with Crippen molar-refractivity contribution >= 4 is 11.9 Å². The molecule has 0 spiro atoms. The van der Waals surface area contributed by atoms with Gasteiger partial charge in [-0.3, -0.25) is 4.79 Å². The molecule has 0 bridgehead atoms. The second-order valence-corrected chi connectivity index (χ2v) is 5.39. The van der Waals surface area contributed by atoms with Crippen molar-refractivity contribution in [2.45, 2.75) is 44.8 Å². The molecule has 19 heavy (non-hydrogen) atoms. The van der Waals surface area contributed by atoms with Gasteiger partial charge in [-0.1, -0.05) is 0 Å². The van der Waals surface area contributed by atoms with Crippen LogP contribution in [0, 0.1) is 0 Å². The van der Waals surface area contributed by atoms with E-state index in [2.05, 4.69) is 5.32 Å². The van der Waals surface area contributed by atoms with Gasteiger partial charge in [-0.2, -0.15) is 0 Å². The topological polar surface area (TPSA) is 78.9 Å². The molecular weight excluding hydrogens is 248 g/mol. The fourth-order valence-corrected chi connectivity index (χ4v) is 1.90. The predicted octanol–water partition coefficient (Wildman–Crippen LogP) is 0.467. The van der Waals surface area contributed by atoms with Crippen molar-refractivity contribution in [1.82, 2.24) is 10.2 Å². The van der Waals surface area contributed by atoms with Crippen LogP contribution in [0.3, 0.4) is 0 Å². The first kappa shape index (κ1) is 15.9. The summed E-state index contributed by atoms with van der Waals surface area (Å²) in [5, 5.41) is 12.3. The third kappa shape index (κ3) is 4.47. The zero-order valence-corrected chi connectivity index (χ0v) is 11.9. The number of hydrogen-bond acceptors (Lipinski definition) is 4. The maximum Gasteiger partial charge on any atom is 0.329 e. The van der Waals surface area contributed by atoms with Gasteiger partial charge in [0.15, 0.2) is 0 Å². The van der Waals surface area contributed by atoms with Crippen LogP contribution in [-0.4, -0.2) is 60.3 Å². The van der Waals surface area contributed by atoms with Gasteiger partial charge in [-0.25, -0.2) is 4.79 Å². The van der Waals surface area contributed by atoms with E-state index in [0.29, 0.717) is 6.61 Å². The smallest absolute Gasteiger partial charge is 0.329 e. The van der Waals surface area contributed by atoms with E-state index in [-0.39, 0.29) is 18.4 Å². The highest BCUT2D eigenvalue weighted by molar-refractivity contribution is 5.86. The molecule has 1 aliphatic rings. The molecule has 0 radical (unpaired) electrons. The number of carboxylic acids is 1. The standard InChI is InChI=1S/C13H24N2O4/c1-13(2,12(17)18)15(3)11(16)6-9-19-10-4-7-14-8-5-10/h10,14H,4-9H2,1-3H3,(H,17,18). The Kier molecular flexibility index (Phi) is 5.75. The zero-order valence-electron chi connectivity index (χ0n) is 11.9. The van der Waals surface area contributed by atoms with Gasteiger partial charge >= 0.3 is 5.97 Å². The van der Waals surface area contributed by atoms with Gasteiger partial charge in [0.25, 0.3) is 0 Å². The minimum atomic E-state index is -1.19. The largest absolute Gasteiger partial charge is 0.480 e. The summed E-state index contributed by atoms with van der Waals surface area (Å²) >= 11 is 0. The van der Waals surface area contributed by atoms with E-state index in [9.17, 15) is 9.59 Å². The van der Waals surface area contributed by atoms with Crippen LogP contribution in [0.2, 0.25) is 0 Å². The highest BCUT2D eigenvalue weighted by Gasteiger charge is 2.34. The molecule has 0 atom stereocenters. The lowest BCUT2D eigenvalue weighted by Crippen LogP contribution is -2.51. The van der Waals surface area contributed by atoms with E-state index >= 15 is 0 Å². The molecule has 0 unspecified atom stereocenters. The summed E-state index contributed by atoms with van der Waals surface area (Å²) in [6.07, 6.45) is 2.36. The number of carbonyl (C=O) groups excluding carboxylic acids is 1. The molecule has 0 aromatic rings. The van der Waals surface area contributed by atoms with Crippen LogP contribution in [-0.2, 0) is 14.3 Å². The third-order valence-corrected chi connectivity index (χ3v) is 3.69. The molecule has 1 aliphatic heterocycles. The predicted molar refractivity (Wildman–Crippen MR) is 70.9 cm³/mol. The van der Waals surface area contributed by atoms with Crippen molar-refractivity contribution in [2.24, 2.45) is 0 Å². The lowest BCUT2D eigenvalue weighted by atomic mass is 10.0. The molecule has 0 aromatic heterocycles. The van der Waals surface area contributed by atoms with Crippen LogP contribution >= 0.6 is 0 Å². The van der Waals surface area contributed by atoms with Gasteiger partial charge in [0.05, 0.1) is 19.1 Å². The first-order valence-corrected chi connectivity index (χ1v) is 6.68. The van der Waals surface area contributed by atoms with Crippen molar-refractivity contribution in [2.75, 3.05) is 26.7 Å². The van der Waals surface area contributed by atoms with Gasteiger partial charge in [-0.15, -0.1) is 0 Å². The van der Waals surface area contributed by atoms with Crippen LogP contribution in [0.25, 0.3) is 0 Å². The molecule has 6 nitrogen and oxygen atoms in total. The third-order valence-electron chi connectivity index (χ3n) is 3.69. The van der Waals surface area contributed by atoms with E-state index in [1.54, 1.807) is 0 Å². The van der Waals surface area contributed by atoms with E-state index in [1.807, 2.05) is 0 Å². The molecule has 6 heteroatoms. The molecule has 0 aliphatic carbocycles. The van der Waals surface area contributed by atoms with E-state index in [4.69, 9.17) is 9.84 Å². The molecular formula is C13H24N2O4. The Hall–Kier alpha value is -1.14. The fraction of sp³-hybridized carbons (Fsp3) is 0.846. The minimum Gasteiger partial charge on any atom is -0.480 e. The summed E-state index contributed by atoms with van der Waals surface area (Å²) in [7, 11) is 1.51. The number of ether oxygens (including phenoxy) is 1. The highest BCUT2D eigenvalue weighted by Crippen LogP contribution is 2.14. The number of nitrogens with one attached hydrogen (secondary N) is 1. The summed E-state index contributed by atoms with van der Waals surface area (Å²) in [5.74, 6) is -1.22. The summed E-state index contributed by atoms with van der Waals surface area (Å²) in [4.78, 5) is 24.2. The Labute approximate surface area is 114 Å². The van der Waals surface area contributed by atoms with Crippen molar-refractivity contribution in [3.63, 3.8) is 0 Å². The van der Waals surface area contributed by atoms with E-state index in [0.717, 1.165) is 25.9 Å². The molecule has 1 rings (SSSR count). The minimum absolute atomic E-state index is 0.207. The van der Waals surface area contributed by atoms with Gasteiger partial charge in [0.1, 0.15) is 5.54 Å². The Bertz CT molecular complexity index is 325. The van der Waals surface area contributed by atoms with Crippen molar-refractivity contribution in [1.29, 1.82) is 0 Å². The number of hydrogen-bond donors (Lipinski definition) is 2. The second kappa shape index (κ2) is 6.86. The highest BCUT2D eigenvalue weighted by atomic mass is 16.5. The van der Waals surface area contributed by atoms with Crippen LogP contribution in [0.15, 0.2) is 0 Å². The zero-order chi connectivity index (χ0) is 14.5. The second-order valence-electron chi connectivity index (χ2n) is 5.39. The molecule has 1 saturated heterocycles. The molecule has 0 aromatic carbocycles. The number of rotatable bonds is 6. The number of nitrogens with zero attached hydrogens (tertiary/aromatic N) is 1. The van der Waals surface area contributed by atoms with Gasteiger partial charge in [0, 0.05) is 7.05 Å². The van der Waals surface area contributed by atoms with Crippen LogP contribution in [0.5, 0.6) is 0 Å². The van der Waals surface area contributed by atoms with Gasteiger partial charge < -0.3 is 20.1 Å². The first-order valence-electron chi connectivity index (χ1n) is 6.68. The maximum atomic E-state index is 11.9. The maximum absolute atomic E-state index is 11.9. The Morgan fingerprint density at radius 3 is 2.47 bits per heavy atom. The molecule has 1 fully saturated rings. The summed E-state index contributed by atoms with van der Waals surface area (Å²) < 4.78 is 5.64. The van der Waals surface area contributed by atoms with Crippen LogP contribution in [0.4, 0.5) is 0 Å². The average molecular weight is 272 g/mol. The lowest BCUT2D eigenvalue weighted by Gasteiger charge is -2.31. The molecule has 2 N–H and O–H groups in total. The lowest BCUT2D eigenvalue weighted by molar-refractivity contribution is -0.155. The molecule has 1 amide bonds. The normalized spacial score (nSPS) is 17.2. The Balaban J connectivity index is 2.32. The van der Waals surface area contributed by atoms with Gasteiger partial charge in [0.2, 0.25) is 5.91 Å². The summed E-state index contributed by atoms with van der Waals surface area (Å²) in [5.41, 5.74) is -1.19. The van der Waals surface area contributed by atoms with Gasteiger partial charge in [-0.05, 0) is 39.8 Å². The Morgan fingerprint density at radius 2 is 1.95 bits per heavy atom. The molecule has 0 saturated carbocycles. The quantitative estimate of drug-likeness (QED) is 0.734. The Morgan fingerprint density at radius 1 is 1.37 bits per heavy atom. The number of likely N-dealkylation sites (N-methyl/N-ethyl adjacent to an activating group) is 1. The SMILES string of the molecule is CN(C(=O)CCOC1CCNCC1)C(C)(C)C(=O)O. The number of carboxylic acid groups (broad SMARTS) is 1. The summed E-state index contributed by atoms with van der Waals surface area (Å²) in [6.45, 7) is 5.28. The van der Waals surface area contributed by atoms with Crippen LogP contribution in [0.1, 0.15) is 33.1 Å². The molecule has 110 valence electrons. The fourth-order valence-electron chi connectivity index (χ4n) is 1.90. The number of amides is 1. The van der Waals surface area contributed by atoms with E-state index in [1.165, 1.54) is 25.8 Å². The van der Waals surface area contributed by atoms with Crippen molar-refractivity contribution in [3.05, 3.63) is 0 Å².